The molecule has 0 aliphatic carbocycles. The van der Waals surface area contributed by atoms with Crippen LogP contribution in [-0.2, 0) is 0 Å². The number of anilines is 1. The molecule has 0 aliphatic rings. The Morgan fingerprint density at radius 2 is 2.20 bits per heavy atom. The second-order valence-corrected chi connectivity index (χ2v) is 4.53. The van der Waals surface area contributed by atoms with E-state index in [1.165, 1.54) is 11.3 Å². The van der Waals surface area contributed by atoms with E-state index in [1.807, 2.05) is 6.07 Å². The van der Waals surface area contributed by atoms with Crippen LogP contribution in [0.15, 0.2) is 22.7 Å². The van der Waals surface area contributed by atoms with E-state index in [9.17, 15) is 0 Å². The minimum atomic E-state index is 0.622. The van der Waals surface area contributed by atoms with Gasteiger partial charge in [0.1, 0.15) is 0 Å². The highest BCUT2D eigenvalue weighted by Gasteiger charge is 2.04. The van der Waals surface area contributed by atoms with E-state index in [0.29, 0.717) is 6.42 Å². The average molecular weight is 267 g/mol. The molecule has 80 valence electrons. The molecule has 1 rings (SSSR count). The SMILES string of the molecule is Cc1ccc(Br)cc1N(C)CCCC#N. The molecule has 1 aromatic carbocycles. The molecule has 0 aromatic heterocycles. The van der Waals surface area contributed by atoms with Gasteiger partial charge in [0.15, 0.2) is 0 Å². The third-order valence-electron chi connectivity index (χ3n) is 2.36. The van der Waals surface area contributed by atoms with Crippen LogP contribution in [0.25, 0.3) is 0 Å². The normalized spacial score (nSPS) is 9.73. The molecule has 0 atom stereocenters. The molecule has 0 fully saturated rings. The van der Waals surface area contributed by atoms with Gasteiger partial charge in [-0.3, -0.25) is 0 Å². The summed E-state index contributed by atoms with van der Waals surface area (Å²) in [5.41, 5.74) is 2.49. The fraction of sp³-hybridized carbons (Fsp3) is 0.417. The largest absolute Gasteiger partial charge is 0.374 e. The van der Waals surface area contributed by atoms with Gasteiger partial charge in [-0.2, -0.15) is 5.26 Å². The molecular formula is C12H15BrN2. The van der Waals surface area contributed by atoms with Crippen molar-refractivity contribution < 1.29 is 0 Å². The molecule has 0 amide bonds. The molecule has 0 bridgehead atoms. The van der Waals surface area contributed by atoms with Gasteiger partial charge in [0, 0.05) is 30.2 Å². The quantitative estimate of drug-likeness (QED) is 0.781. The van der Waals surface area contributed by atoms with Crippen molar-refractivity contribution >= 4 is 21.6 Å². The molecular weight excluding hydrogens is 252 g/mol. The number of halogens is 1. The Morgan fingerprint density at radius 1 is 1.47 bits per heavy atom. The van der Waals surface area contributed by atoms with Crippen LogP contribution in [0, 0.1) is 18.3 Å². The van der Waals surface area contributed by atoms with Crippen molar-refractivity contribution in [2.75, 3.05) is 18.5 Å². The summed E-state index contributed by atoms with van der Waals surface area (Å²) in [6.07, 6.45) is 1.54. The summed E-state index contributed by atoms with van der Waals surface area (Å²) in [5.74, 6) is 0. The minimum absolute atomic E-state index is 0.622. The number of nitrogens with zero attached hydrogens (tertiary/aromatic N) is 2. The maximum absolute atomic E-state index is 8.47. The van der Waals surface area contributed by atoms with Crippen LogP contribution in [0.5, 0.6) is 0 Å². The van der Waals surface area contributed by atoms with Crippen LogP contribution < -0.4 is 4.90 Å². The van der Waals surface area contributed by atoms with Gasteiger partial charge in [0.25, 0.3) is 0 Å². The maximum Gasteiger partial charge on any atom is 0.0622 e. The maximum atomic E-state index is 8.47. The second-order valence-electron chi connectivity index (χ2n) is 3.61. The zero-order chi connectivity index (χ0) is 11.3. The lowest BCUT2D eigenvalue weighted by Crippen LogP contribution is -2.19. The van der Waals surface area contributed by atoms with Crippen molar-refractivity contribution in [1.29, 1.82) is 5.26 Å². The Kier molecular flexibility index (Phi) is 4.64. The molecule has 2 nitrogen and oxygen atoms in total. The Balaban J connectivity index is 2.69. The zero-order valence-electron chi connectivity index (χ0n) is 9.13. The topological polar surface area (TPSA) is 27.0 Å². The highest BCUT2D eigenvalue weighted by Crippen LogP contribution is 2.23. The third kappa shape index (κ3) is 3.56. The van der Waals surface area contributed by atoms with E-state index in [-0.39, 0.29) is 0 Å². The summed E-state index contributed by atoms with van der Waals surface area (Å²) in [6, 6.07) is 8.42. The van der Waals surface area contributed by atoms with Crippen molar-refractivity contribution in [2.45, 2.75) is 19.8 Å². The van der Waals surface area contributed by atoms with E-state index in [0.717, 1.165) is 17.4 Å². The van der Waals surface area contributed by atoms with Gasteiger partial charge in [0.05, 0.1) is 6.07 Å². The first kappa shape index (κ1) is 12.1. The monoisotopic (exact) mass is 266 g/mol. The van der Waals surface area contributed by atoms with Crippen LogP contribution in [0.3, 0.4) is 0 Å². The third-order valence-corrected chi connectivity index (χ3v) is 2.86. The molecule has 0 radical (unpaired) electrons. The molecule has 15 heavy (non-hydrogen) atoms. The highest BCUT2D eigenvalue weighted by atomic mass is 79.9. The molecule has 0 heterocycles. The van der Waals surface area contributed by atoms with Gasteiger partial charge in [-0.1, -0.05) is 22.0 Å². The van der Waals surface area contributed by atoms with Crippen molar-refractivity contribution in [3.63, 3.8) is 0 Å². The molecule has 0 saturated heterocycles. The van der Waals surface area contributed by atoms with Crippen molar-refractivity contribution in [2.24, 2.45) is 0 Å². The predicted molar refractivity (Wildman–Crippen MR) is 67.0 cm³/mol. The standard InChI is InChI=1S/C12H15BrN2/c1-10-5-6-11(13)9-12(10)15(2)8-4-3-7-14/h5-6,9H,3-4,8H2,1-2H3. The predicted octanol–water partition coefficient (Wildman–Crippen LogP) is 3.50. The number of benzene rings is 1. The van der Waals surface area contributed by atoms with E-state index in [1.54, 1.807) is 0 Å². The number of hydrogen-bond acceptors (Lipinski definition) is 2. The van der Waals surface area contributed by atoms with Gasteiger partial charge in [-0.25, -0.2) is 0 Å². The molecule has 1 aromatic rings. The molecule has 0 N–H and O–H groups in total. The van der Waals surface area contributed by atoms with Crippen LogP contribution in [-0.4, -0.2) is 13.6 Å². The summed E-state index contributed by atoms with van der Waals surface area (Å²) in [4.78, 5) is 2.19. The zero-order valence-corrected chi connectivity index (χ0v) is 10.7. The van der Waals surface area contributed by atoms with E-state index >= 15 is 0 Å². The average Bonchev–Trinajstić information content (AvgIpc) is 2.22. The van der Waals surface area contributed by atoms with Gasteiger partial charge >= 0.3 is 0 Å². The number of aryl methyl sites for hydroxylation is 1. The minimum Gasteiger partial charge on any atom is -0.374 e. The van der Waals surface area contributed by atoms with E-state index in [2.05, 4.69) is 53.0 Å². The lowest BCUT2D eigenvalue weighted by molar-refractivity contribution is 0.804. The highest BCUT2D eigenvalue weighted by molar-refractivity contribution is 9.10. The summed E-state index contributed by atoms with van der Waals surface area (Å²) in [7, 11) is 2.06. The van der Waals surface area contributed by atoms with Crippen molar-refractivity contribution in [1.82, 2.24) is 0 Å². The van der Waals surface area contributed by atoms with Crippen LogP contribution in [0.2, 0.25) is 0 Å². The summed E-state index contributed by atoms with van der Waals surface area (Å²) in [6.45, 7) is 3.02. The van der Waals surface area contributed by atoms with E-state index < -0.39 is 0 Å². The number of hydrogen-bond donors (Lipinski definition) is 0. The first-order valence-electron chi connectivity index (χ1n) is 4.99. The first-order valence-corrected chi connectivity index (χ1v) is 5.78. The lowest BCUT2D eigenvalue weighted by Gasteiger charge is -2.21. The fourth-order valence-corrected chi connectivity index (χ4v) is 1.86. The second kappa shape index (κ2) is 5.77. The van der Waals surface area contributed by atoms with Crippen LogP contribution in [0.1, 0.15) is 18.4 Å². The smallest absolute Gasteiger partial charge is 0.0622 e. The number of unbranched alkanes of at least 4 members (excludes halogenated alkanes) is 1. The molecule has 0 saturated carbocycles. The van der Waals surface area contributed by atoms with Gasteiger partial charge in [-0.15, -0.1) is 0 Å². The van der Waals surface area contributed by atoms with Gasteiger partial charge in [-0.05, 0) is 31.0 Å². The van der Waals surface area contributed by atoms with E-state index in [4.69, 9.17) is 5.26 Å². The molecule has 0 aliphatic heterocycles. The number of rotatable bonds is 4. The summed E-state index contributed by atoms with van der Waals surface area (Å²) in [5, 5.41) is 8.47. The Morgan fingerprint density at radius 3 is 2.87 bits per heavy atom. The Hall–Kier alpha value is -1.01. The summed E-state index contributed by atoms with van der Waals surface area (Å²) >= 11 is 3.47. The first-order chi connectivity index (χ1) is 7.15. The van der Waals surface area contributed by atoms with Crippen LogP contribution >= 0.6 is 15.9 Å². The molecule has 3 heteroatoms. The Bertz CT molecular complexity index is 368. The Labute approximate surface area is 99.6 Å². The molecule has 0 spiro atoms. The number of nitriles is 1. The van der Waals surface area contributed by atoms with Crippen molar-refractivity contribution in [3.8, 4) is 6.07 Å². The fourth-order valence-electron chi connectivity index (χ4n) is 1.51. The van der Waals surface area contributed by atoms with Crippen LogP contribution in [0.4, 0.5) is 5.69 Å². The molecule has 0 unspecified atom stereocenters. The lowest BCUT2D eigenvalue weighted by atomic mass is 10.2. The van der Waals surface area contributed by atoms with Gasteiger partial charge < -0.3 is 4.90 Å². The van der Waals surface area contributed by atoms with Crippen molar-refractivity contribution in [3.05, 3.63) is 28.2 Å². The summed E-state index contributed by atoms with van der Waals surface area (Å²) < 4.78 is 1.09. The van der Waals surface area contributed by atoms with Gasteiger partial charge in [0.2, 0.25) is 0 Å².